The molecule has 20 heavy (non-hydrogen) atoms. The first kappa shape index (κ1) is 14.6. The van der Waals surface area contributed by atoms with E-state index in [1.165, 1.54) is 0 Å². The minimum atomic E-state index is -0.751. The summed E-state index contributed by atoms with van der Waals surface area (Å²) in [6.07, 6.45) is 2.43. The fourth-order valence-electron chi connectivity index (χ4n) is 2.80. The lowest BCUT2D eigenvalue weighted by Gasteiger charge is -2.15. The Kier molecular flexibility index (Phi) is 4.77. The Morgan fingerprint density at radius 1 is 1.30 bits per heavy atom. The van der Waals surface area contributed by atoms with Gasteiger partial charge in [0.2, 0.25) is 5.91 Å². The van der Waals surface area contributed by atoms with Gasteiger partial charge >= 0.3 is 5.97 Å². The van der Waals surface area contributed by atoms with Crippen molar-refractivity contribution in [3.05, 3.63) is 35.9 Å². The molecule has 4 heteroatoms. The minimum Gasteiger partial charge on any atom is -0.481 e. The molecule has 1 aromatic rings. The number of aliphatic carboxylic acids is 1. The highest BCUT2D eigenvalue weighted by Crippen LogP contribution is 2.26. The maximum atomic E-state index is 12.0. The van der Waals surface area contributed by atoms with Crippen LogP contribution in [-0.4, -0.2) is 23.0 Å². The van der Waals surface area contributed by atoms with E-state index in [-0.39, 0.29) is 23.8 Å². The van der Waals surface area contributed by atoms with Crippen molar-refractivity contribution in [3.63, 3.8) is 0 Å². The quantitative estimate of drug-likeness (QED) is 0.868. The number of nitrogens with one attached hydrogen (secondary N) is 1. The number of hydrogen-bond donors (Lipinski definition) is 2. The molecule has 0 aliphatic heterocycles. The molecule has 1 fully saturated rings. The van der Waals surface area contributed by atoms with Crippen LogP contribution >= 0.6 is 0 Å². The number of amides is 1. The minimum absolute atomic E-state index is 0.0115. The van der Waals surface area contributed by atoms with E-state index in [0.717, 1.165) is 12.0 Å². The van der Waals surface area contributed by atoms with Crippen LogP contribution < -0.4 is 5.32 Å². The smallest absolute Gasteiger partial charge is 0.306 e. The van der Waals surface area contributed by atoms with Crippen molar-refractivity contribution in [2.75, 3.05) is 0 Å². The molecule has 3 atom stereocenters. The van der Waals surface area contributed by atoms with Crippen molar-refractivity contribution >= 4 is 11.9 Å². The average Bonchev–Trinajstić information content (AvgIpc) is 2.88. The van der Waals surface area contributed by atoms with Crippen LogP contribution in [-0.2, 0) is 9.59 Å². The van der Waals surface area contributed by atoms with Gasteiger partial charge in [-0.15, -0.1) is 0 Å². The number of carbonyl (C=O) groups is 2. The molecule has 1 aliphatic rings. The molecule has 2 rings (SSSR count). The molecule has 4 nitrogen and oxygen atoms in total. The zero-order valence-electron chi connectivity index (χ0n) is 11.7. The van der Waals surface area contributed by atoms with Crippen LogP contribution in [0, 0.1) is 5.92 Å². The molecule has 1 aromatic carbocycles. The van der Waals surface area contributed by atoms with Crippen LogP contribution in [0.15, 0.2) is 30.3 Å². The lowest BCUT2D eigenvalue weighted by Crippen LogP contribution is -2.33. The fraction of sp³-hybridized carbons (Fsp3) is 0.500. The number of carboxylic acid groups (broad SMARTS) is 1. The van der Waals surface area contributed by atoms with E-state index in [1.54, 1.807) is 0 Å². The van der Waals surface area contributed by atoms with Gasteiger partial charge in [0.25, 0.3) is 0 Å². The van der Waals surface area contributed by atoms with Gasteiger partial charge in [0.15, 0.2) is 0 Å². The first-order chi connectivity index (χ1) is 9.56. The summed E-state index contributed by atoms with van der Waals surface area (Å²) in [5, 5.41) is 11.9. The third kappa shape index (κ3) is 3.83. The molecule has 0 radical (unpaired) electrons. The molecule has 1 saturated carbocycles. The molecule has 1 amide bonds. The number of carboxylic acids is 1. The Bertz CT molecular complexity index is 472. The van der Waals surface area contributed by atoms with Crippen LogP contribution in [0.4, 0.5) is 0 Å². The number of benzene rings is 1. The molecule has 108 valence electrons. The molecule has 0 saturated heterocycles. The number of hydrogen-bond acceptors (Lipinski definition) is 2. The van der Waals surface area contributed by atoms with Gasteiger partial charge in [0, 0.05) is 12.5 Å². The highest BCUT2D eigenvalue weighted by molar-refractivity contribution is 5.77. The van der Waals surface area contributed by atoms with E-state index < -0.39 is 5.97 Å². The fourth-order valence-corrected chi connectivity index (χ4v) is 2.80. The lowest BCUT2D eigenvalue weighted by molar-refractivity contribution is -0.141. The molecule has 1 aliphatic carbocycles. The molecule has 0 heterocycles. The first-order valence-corrected chi connectivity index (χ1v) is 7.13. The average molecular weight is 275 g/mol. The Morgan fingerprint density at radius 2 is 2.00 bits per heavy atom. The molecular formula is C16H21NO3. The molecule has 0 spiro atoms. The molecule has 0 bridgehead atoms. The van der Waals surface area contributed by atoms with Gasteiger partial charge in [0.1, 0.15) is 0 Å². The Hall–Kier alpha value is -1.84. The van der Waals surface area contributed by atoms with E-state index in [2.05, 4.69) is 5.32 Å². The summed E-state index contributed by atoms with van der Waals surface area (Å²) in [5.41, 5.74) is 1.15. The van der Waals surface area contributed by atoms with Gasteiger partial charge in [-0.3, -0.25) is 9.59 Å². The van der Waals surface area contributed by atoms with Crippen LogP contribution in [0.2, 0.25) is 0 Å². The summed E-state index contributed by atoms with van der Waals surface area (Å²) in [7, 11) is 0. The lowest BCUT2D eigenvalue weighted by atomic mass is 9.97. The van der Waals surface area contributed by atoms with Crippen LogP contribution in [0.5, 0.6) is 0 Å². The van der Waals surface area contributed by atoms with Gasteiger partial charge in [-0.05, 0) is 30.7 Å². The SMILES string of the molecule is C[C@H](CC(=O)N[C@@H]1CC[C@@H](C(=O)O)C1)c1ccccc1. The summed E-state index contributed by atoms with van der Waals surface area (Å²) in [6.45, 7) is 2.03. The number of carbonyl (C=O) groups excluding carboxylic acids is 1. The Labute approximate surface area is 119 Å². The second kappa shape index (κ2) is 6.55. The van der Waals surface area contributed by atoms with Crippen LogP contribution in [0.3, 0.4) is 0 Å². The Balaban J connectivity index is 1.80. The maximum Gasteiger partial charge on any atom is 0.306 e. The highest BCUT2D eigenvalue weighted by Gasteiger charge is 2.30. The molecular weight excluding hydrogens is 254 g/mol. The summed E-state index contributed by atoms with van der Waals surface area (Å²) in [6, 6.07) is 9.96. The normalized spacial score (nSPS) is 23.2. The Morgan fingerprint density at radius 3 is 2.60 bits per heavy atom. The van der Waals surface area contributed by atoms with Gasteiger partial charge in [-0.1, -0.05) is 37.3 Å². The predicted octanol–water partition coefficient (Wildman–Crippen LogP) is 2.55. The highest BCUT2D eigenvalue weighted by atomic mass is 16.4. The van der Waals surface area contributed by atoms with Crippen molar-refractivity contribution in [2.45, 2.75) is 44.6 Å². The first-order valence-electron chi connectivity index (χ1n) is 7.13. The van der Waals surface area contributed by atoms with E-state index in [0.29, 0.717) is 19.3 Å². The predicted molar refractivity (Wildman–Crippen MR) is 76.4 cm³/mol. The van der Waals surface area contributed by atoms with Gasteiger partial charge in [-0.2, -0.15) is 0 Å². The summed E-state index contributed by atoms with van der Waals surface area (Å²) in [4.78, 5) is 22.9. The van der Waals surface area contributed by atoms with Gasteiger partial charge < -0.3 is 10.4 Å². The number of rotatable bonds is 5. The van der Waals surface area contributed by atoms with Crippen molar-refractivity contribution in [1.29, 1.82) is 0 Å². The molecule has 0 aromatic heterocycles. The maximum absolute atomic E-state index is 12.0. The summed E-state index contributed by atoms with van der Waals surface area (Å²) in [5.74, 6) is -0.864. The summed E-state index contributed by atoms with van der Waals surface area (Å²) < 4.78 is 0. The molecule has 0 unspecified atom stereocenters. The zero-order chi connectivity index (χ0) is 14.5. The monoisotopic (exact) mass is 275 g/mol. The van der Waals surface area contributed by atoms with E-state index in [1.807, 2.05) is 37.3 Å². The van der Waals surface area contributed by atoms with E-state index >= 15 is 0 Å². The van der Waals surface area contributed by atoms with Crippen molar-refractivity contribution in [3.8, 4) is 0 Å². The standard InChI is InChI=1S/C16H21NO3/c1-11(12-5-3-2-4-6-12)9-15(18)17-14-8-7-13(10-14)16(19)20/h2-6,11,13-14H,7-10H2,1H3,(H,17,18)(H,19,20)/t11-,13-,14-/m1/s1. The summed E-state index contributed by atoms with van der Waals surface area (Å²) >= 11 is 0. The van der Waals surface area contributed by atoms with Crippen molar-refractivity contribution in [1.82, 2.24) is 5.32 Å². The van der Waals surface area contributed by atoms with Crippen LogP contribution in [0.1, 0.15) is 44.1 Å². The third-order valence-electron chi connectivity index (χ3n) is 4.01. The van der Waals surface area contributed by atoms with Gasteiger partial charge in [0.05, 0.1) is 5.92 Å². The second-order valence-corrected chi connectivity index (χ2v) is 5.63. The third-order valence-corrected chi connectivity index (χ3v) is 4.01. The molecule has 2 N–H and O–H groups in total. The van der Waals surface area contributed by atoms with Crippen molar-refractivity contribution < 1.29 is 14.7 Å². The zero-order valence-corrected chi connectivity index (χ0v) is 11.7. The topological polar surface area (TPSA) is 66.4 Å². The van der Waals surface area contributed by atoms with Crippen LogP contribution in [0.25, 0.3) is 0 Å². The van der Waals surface area contributed by atoms with E-state index in [9.17, 15) is 9.59 Å². The second-order valence-electron chi connectivity index (χ2n) is 5.63. The van der Waals surface area contributed by atoms with Crippen molar-refractivity contribution in [2.24, 2.45) is 5.92 Å². The van der Waals surface area contributed by atoms with E-state index in [4.69, 9.17) is 5.11 Å². The van der Waals surface area contributed by atoms with Gasteiger partial charge in [-0.25, -0.2) is 0 Å². The largest absolute Gasteiger partial charge is 0.481 e.